The lowest BCUT2D eigenvalue weighted by molar-refractivity contribution is -0.143. The summed E-state index contributed by atoms with van der Waals surface area (Å²) in [5.74, 6) is 0.582. The first-order valence-corrected chi connectivity index (χ1v) is 6.86. The molecule has 0 saturated heterocycles. The normalized spacial score (nSPS) is 32.5. The van der Waals surface area contributed by atoms with Crippen molar-refractivity contribution in [3.8, 4) is 0 Å². The molecular weight excluding hydrogens is 242 g/mol. The van der Waals surface area contributed by atoms with E-state index in [0.717, 1.165) is 36.5 Å². The van der Waals surface area contributed by atoms with Crippen molar-refractivity contribution in [3.63, 3.8) is 0 Å². The second kappa shape index (κ2) is 4.47. The number of anilines is 1. The Morgan fingerprint density at radius 1 is 1.37 bits per heavy atom. The van der Waals surface area contributed by atoms with Crippen LogP contribution >= 0.6 is 0 Å². The molecule has 4 atom stereocenters. The van der Waals surface area contributed by atoms with Gasteiger partial charge in [0.1, 0.15) is 5.82 Å². The summed E-state index contributed by atoms with van der Waals surface area (Å²) in [5.41, 5.74) is 1.68. The Morgan fingerprint density at radius 3 is 2.84 bits per heavy atom. The number of fused-ring (bicyclic) bond motifs is 2. The van der Waals surface area contributed by atoms with Gasteiger partial charge in [0.25, 0.3) is 0 Å². The number of carbonyl (C=O) groups is 1. The zero-order chi connectivity index (χ0) is 13.6. The quantitative estimate of drug-likeness (QED) is 0.870. The Labute approximate surface area is 112 Å². The Kier molecular flexibility index (Phi) is 2.92. The number of nitrogens with one attached hydrogen (secondary N) is 1. The van der Waals surface area contributed by atoms with Crippen LogP contribution < -0.4 is 5.32 Å². The van der Waals surface area contributed by atoms with Crippen molar-refractivity contribution in [1.82, 2.24) is 9.97 Å². The molecule has 1 heterocycles. The smallest absolute Gasteiger partial charge is 0.308 e. The Balaban J connectivity index is 1.85. The average molecular weight is 261 g/mol. The van der Waals surface area contributed by atoms with Gasteiger partial charge in [0.15, 0.2) is 0 Å². The highest BCUT2D eigenvalue weighted by Gasteiger charge is 2.51. The molecule has 0 aromatic carbocycles. The molecule has 0 radical (unpaired) electrons. The van der Waals surface area contributed by atoms with Crippen LogP contribution in [0, 0.1) is 31.6 Å². The number of carboxylic acids is 1. The van der Waals surface area contributed by atoms with E-state index in [2.05, 4.69) is 15.3 Å². The Hall–Kier alpha value is -1.65. The third kappa shape index (κ3) is 2.07. The van der Waals surface area contributed by atoms with Crippen molar-refractivity contribution in [2.75, 3.05) is 5.32 Å². The molecule has 2 aliphatic rings. The number of aromatic nitrogens is 2. The second-order valence-corrected chi connectivity index (χ2v) is 5.81. The fraction of sp³-hybridized carbons (Fsp3) is 0.643. The maximum Gasteiger partial charge on any atom is 0.308 e. The first-order chi connectivity index (χ1) is 9.06. The van der Waals surface area contributed by atoms with E-state index in [0.29, 0.717) is 11.8 Å². The molecule has 19 heavy (non-hydrogen) atoms. The number of aryl methyl sites for hydroxylation is 2. The van der Waals surface area contributed by atoms with E-state index in [1.807, 2.05) is 13.8 Å². The number of hydrogen-bond acceptors (Lipinski definition) is 4. The maximum atomic E-state index is 11.5. The summed E-state index contributed by atoms with van der Waals surface area (Å²) < 4.78 is 0. The molecule has 1 aromatic rings. The van der Waals surface area contributed by atoms with Crippen molar-refractivity contribution in [2.45, 2.75) is 39.2 Å². The molecular formula is C14H19N3O2. The van der Waals surface area contributed by atoms with Crippen molar-refractivity contribution >= 4 is 11.8 Å². The summed E-state index contributed by atoms with van der Waals surface area (Å²) in [4.78, 5) is 20.2. The SMILES string of the molecule is Cc1cnc(C)c(NC2C3CCC(C3)C2C(=O)O)n1. The fourth-order valence-electron chi connectivity index (χ4n) is 3.69. The van der Waals surface area contributed by atoms with E-state index in [4.69, 9.17) is 0 Å². The minimum absolute atomic E-state index is 0.00560. The van der Waals surface area contributed by atoms with E-state index in [9.17, 15) is 9.90 Å². The molecule has 2 fully saturated rings. The first-order valence-electron chi connectivity index (χ1n) is 6.86. The molecule has 2 saturated carbocycles. The van der Waals surface area contributed by atoms with Gasteiger partial charge >= 0.3 is 5.97 Å². The van der Waals surface area contributed by atoms with Gasteiger partial charge in [0.2, 0.25) is 0 Å². The van der Waals surface area contributed by atoms with Crippen LogP contribution in [-0.4, -0.2) is 27.1 Å². The summed E-state index contributed by atoms with van der Waals surface area (Å²) >= 11 is 0. The molecule has 2 aliphatic carbocycles. The summed E-state index contributed by atoms with van der Waals surface area (Å²) in [6.45, 7) is 3.80. The Morgan fingerprint density at radius 2 is 2.11 bits per heavy atom. The molecule has 5 nitrogen and oxygen atoms in total. The van der Waals surface area contributed by atoms with Crippen molar-refractivity contribution < 1.29 is 9.90 Å². The zero-order valence-corrected chi connectivity index (χ0v) is 11.3. The molecule has 0 amide bonds. The van der Waals surface area contributed by atoms with E-state index < -0.39 is 5.97 Å². The van der Waals surface area contributed by atoms with Gasteiger partial charge in [-0.1, -0.05) is 0 Å². The predicted octanol–water partition coefficient (Wildman–Crippen LogP) is 2.00. The molecule has 2 bridgehead atoms. The molecule has 4 unspecified atom stereocenters. The number of hydrogen-bond donors (Lipinski definition) is 2. The van der Waals surface area contributed by atoms with E-state index in [-0.39, 0.29) is 12.0 Å². The van der Waals surface area contributed by atoms with Gasteiger partial charge in [-0.3, -0.25) is 9.78 Å². The number of aliphatic carboxylic acids is 1. The van der Waals surface area contributed by atoms with Crippen LogP contribution in [0.25, 0.3) is 0 Å². The van der Waals surface area contributed by atoms with Gasteiger partial charge in [-0.25, -0.2) is 4.98 Å². The average Bonchev–Trinajstić information content (AvgIpc) is 2.94. The number of rotatable bonds is 3. The highest BCUT2D eigenvalue weighted by Crippen LogP contribution is 2.49. The molecule has 102 valence electrons. The molecule has 0 spiro atoms. The number of nitrogens with zero attached hydrogens (tertiary/aromatic N) is 2. The van der Waals surface area contributed by atoms with Crippen LogP contribution in [0.15, 0.2) is 6.20 Å². The highest BCUT2D eigenvalue weighted by atomic mass is 16.4. The standard InChI is InChI=1S/C14H19N3O2/c1-7-6-15-8(2)13(16-7)17-12-10-4-3-9(5-10)11(12)14(18)19/h6,9-12H,3-5H2,1-2H3,(H,16,17)(H,18,19). The zero-order valence-electron chi connectivity index (χ0n) is 11.3. The largest absolute Gasteiger partial charge is 0.481 e. The van der Waals surface area contributed by atoms with E-state index in [1.54, 1.807) is 6.20 Å². The third-order valence-electron chi connectivity index (χ3n) is 4.58. The van der Waals surface area contributed by atoms with Gasteiger partial charge in [0, 0.05) is 12.2 Å². The lowest BCUT2D eigenvalue weighted by Crippen LogP contribution is -2.39. The first kappa shape index (κ1) is 12.4. The van der Waals surface area contributed by atoms with Gasteiger partial charge < -0.3 is 10.4 Å². The van der Waals surface area contributed by atoms with Crippen LogP contribution in [-0.2, 0) is 4.79 Å². The van der Waals surface area contributed by atoms with Crippen LogP contribution in [0.3, 0.4) is 0 Å². The van der Waals surface area contributed by atoms with Crippen LogP contribution in [0.5, 0.6) is 0 Å². The maximum absolute atomic E-state index is 11.5. The summed E-state index contributed by atoms with van der Waals surface area (Å²) in [6.07, 6.45) is 4.95. The van der Waals surface area contributed by atoms with Gasteiger partial charge in [-0.2, -0.15) is 0 Å². The second-order valence-electron chi connectivity index (χ2n) is 5.81. The van der Waals surface area contributed by atoms with Gasteiger partial charge in [-0.15, -0.1) is 0 Å². The van der Waals surface area contributed by atoms with E-state index in [1.165, 1.54) is 0 Å². The minimum Gasteiger partial charge on any atom is -0.481 e. The summed E-state index contributed by atoms with van der Waals surface area (Å²) in [6, 6.07) is 0.00560. The monoisotopic (exact) mass is 261 g/mol. The summed E-state index contributed by atoms with van der Waals surface area (Å²) in [7, 11) is 0. The van der Waals surface area contributed by atoms with Crippen LogP contribution in [0.4, 0.5) is 5.82 Å². The van der Waals surface area contributed by atoms with Crippen LogP contribution in [0.1, 0.15) is 30.7 Å². The lowest BCUT2D eigenvalue weighted by Gasteiger charge is -2.29. The van der Waals surface area contributed by atoms with Crippen molar-refractivity contribution in [3.05, 3.63) is 17.6 Å². The van der Waals surface area contributed by atoms with Gasteiger partial charge in [-0.05, 0) is 44.9 Å². The molecule has 2 N–H and O–H groups in total. The lowest BCUT2D eigenvalue weighted by atomic mass is 9.84. The Bertz CT molecular complexity index is 517. The molecule has 1 aromatic heterocycles. The fourth-order valence-corrected chi connectivity index (χ4v) is 3.69. The van der Waals surface area contributed by atoms with Crippen molar-refractivity contribution in [2.24, 2.45) is 17.8 Å². The number of carboxylic acid groups (broad SMARTS) is 1. The molecule has 0 aliphatic heterocycles. The molecule has 5 heteroatoms. The highest BCUT2D eigenvalue weighted by molar-refractivity contribution is 5.73. The third-order valence-corrected chi connectivity index (χ3v) is 4.58. The van der Waals surface area contributed by atoms with Crippen LogP contribution in [0.2, 0.25) is 0 Å². The topological polar surface area (TPSA) is 75.1 Å². The van der Waals surface area contributed by atoms with E-state index >= 15 is 0 Å². The van der Waals surface area contributed by atoms with Gasteiger partial charge in [0.05, 0.1) is 17.3 Å². The molecule has 3 rings (SSSR count). The summed E-state index contributed by atoms with van der Waals surface area (Å²) in [5, 5.41) is 12.8. The van der Waals surface area contributed by atoms with Crippen molar-refractivity contribution in [1.29, 1.82) is 0 Å². The minimum atomic E-state index is -0.678. The predicted molar refractivity (Wildman–Crippen MR) is 70.9 cm³/mol.